The van der Waals surface area contributed by atoms with E-state index in [0.717, 1.165) is 0 Å². The molecule has 3 rings (SSSR count). The van der Waals surface area contributed by atoms with Crippen LogP contribution in [0.1, 0.15) is 22.5 Å². The lowest BCUT2D eigenvalue weighted by Crippen LogP contribution is -2.50. The number of rotatable bonds is 6. The van der Waals surface area contributed by atoms with Crippen molar-refractivity contribution in [3.63, 3.8) is 0 Å². The molecule has 0 unspecified atom stereocenters. The number of carbonyl (C=O) groups is 2. The number of thiophene rings is 1. The maximum atomic E-state index is 12.7. The number of ketones is 1. The van der Waals surface area contributed by atoms with Crippen LogP contribution in [0.3, 0.4) is 0 Å². The van der Waals surface area contributed by atoms with Crippen molar-refractivity contribution in [3.8, 4) is 0 Å². The van der Waals surface area contributed by atoms with E-state index in [-0.39, 0.29) is 42.5 Å². The Hall–Kier alpha value is -1.74. The summed E-state index contributed by atoms with van der Waals surface area (Å²) in [5.74, 6) is -0.161. The fourth-order valence-corrected chi connectivity index (χ4v) is 5.12. The molecular weight excluding hydrogens is 408 g/mol. The molecule has 1 amide bonds. The summed E-state index contributed by atoms with van der Waals surface area (Å²) in [6.45, 7) is 1.10. The average molecular weight is 427 g/mol. The Morgan fingerprint density at radius 1 is 1.00 bits per heavy atom. The number of sulfonamides is 1. The molecule has 1 aliphatic rings. The molecule has 2 aromatic rings. The number of halogens is 1. The molecule has 0 atom stereocenters. The van der Waals surface area contributed by atoms with Crippen LogP contribution in [0.15, 0.2) is 46.7 Å². The third kappa shape index (κ3) is 4.76. The van der Waals surface area contributed by atoms with Gasteiger partial charge in [-0.15, -0.1) is 11.3 Å². The van der Waals surface area contributed by atoms with Gasteiger partial charge in [-0.2, -0.15) is 4.31 Å². The van der Waals surface area contributed by atoms with E-state index in [1.165, 1.54) is 27.8 Å². The first kappa shape index (κ1) is 20.0. The minimum atomic E-state index is -3.60. The normalized spacial score (nSPS) is 15.7. The van der Waals surface area contributed by atoms with Crippen molar-refractivity contribution in [2.45, 2.75) is 17.7 Å². The molecule has 0 radical (unpaired) electrons. The first-order chi connectivity index (χ1) is 12.9. The third-order valence-electron chi connectivity index (χ3n) is 4.40. The van der Waals surface area contributed by atoms with E-state index in [4.69, 9.17) is 11.6 Å². The van der Waals surface area contributed by atoms with Crippen LogP contribution in [0.2, 0.25) is 5.02 Å². The Morgan fingerprint density at radius 3 is 2.26 bits per heavy atom. The van der Waals surface area contributed by atoms with Crippen molar-refractivity contribution in [1.82, 2.24) is 9.21 Å². The van der Waals surface area contributed by atoms with Gasteiger partial charge in [-0.25, -0.2) is 8.42 Å². The number of hydrogen-bond donors (Lipinski definition) is 0. The monoisotopic (exact) mass is 426 g/mol. The summed E-state index contributed by atoms with van der Waals surface area (Å²) in [5, 5.41) is 2.30. The van der Waals surface area contributed by atoms with Gasteiger partial charge in [-0.3, -0.25) is 9.59 Å². The van der Waals surface area contributed by atoms with E-state index in [0.29, 0.717) is 23.0 Å². The maximum absolute atomic E-state index is 12.7. The summed E-state index contributed by atoms with van der Waals surface area (Å²) in [6, 6.07) is 9.59. The van der Waals surface area contributed by atoms with Gasteiger partial charge in [0.2, 0.25) is 15.9 Å². The van der Waals surface area contributed by atoms with E-state index in [1.807, 2.05) is 5.38 Å². The molecule has 1 aromatic heterocycles. The topological polar surface area (TPSA) is 74.8 Å². The van der Waals surface area contributed by atoms with E-state index >= 15 is 0 Å². The lowest BCUT2D eigenvalue weighted by atomic mass is 10.1. The largest absolute Gasteiger partial charge is 0.340 e. The fraction of sp³-hybridized carbons (Fsp3) is 0.333. The second kappa shape index (κ2) is 8.52. The Balaban J connectivity index is 1.53. The van der Waals surface area contributed by atoms with Crippen LogP contribution in [-0.4, -0.2) is 55.5 Å². The number of amides is 1. The average Bonchev–Trinajstić information content (AvgIpc) is 3.21. The van der Waals surface area contributed by atoms with E-state index < -0.39 is 10.0 Å². The second-order valence-electron chi connectivity index (χ2n) is 6.14. The predicted molar refractivity (Wildman–Crippen MR) is 105 cm³/mol. The highest BCUT2D eigenvalue weighted by atomic mass is 35.5. The first-order valence-corrected chi connectivity index (χ1v) is 11.2. The van der Waals surface area contributed by atoms with Crippen molar-refractivity contribution in [1.29, 1.82) is 0 Å². The van der Waals surface area contributed by atoms with Gasteiger partial charge in [0.1, 0.15) is 0 Å². The predicted octanol–water partition coefficient (Wildman–Crippen LogP) is 2.90. The summed E-state index contributed by atoms with van der Waals surface area (Å²) >= 11 is 7.17. The summed E-state index contributed by atoms with van der Waals surface area (Å²) in [5.41, 5.74) is 0. The number of carbonyl (C=O) groups excluding carboxylic acids is 2. The van der Waals surface area contributed by atoms with Crippen LogP contribution in [-0.2, 0) is 14.8 Å². The maximum Gasteiger partial charge on any atom is 0.243 e. The van der Waals surface area contributed by atoms with Gasteiger partial charge < -0.3 is 4.90 Å². The molecule has 0 saturated carbocycles. The van der Waals surface area contributed by atoms with E-state index in [1.54, 1.807) is 29.2 Å². The van der Waals surface area contributed by atoms with Gasteiger partial charge in [0, 0.05) is 44.0 Å². The Bertz CT molecular complexity index is 903. The lowest BCUT2D eigenvalue weighted by Gasteiger charge is -2.34. The highest BCUT2D eigenvalue weighted by Crippen LogP contribution is 2.20. The fourth-order valence-electron chi connectivity index (χ4n) is 2.87. The summed E-state index contributed by atoms with van der Waals surface area (Å²) in [7, 11) is -3.60. The molecule has 1 saturated heterocycles. The van der Waals surface area contributed by atoms with Gasteiger partial charge in [0.15, 0.2) is 5.78 Å². The highest BCUT2D eigenvalue weighted by Gasteiger charge is 2.30. The number of hydrogen-bond acceptors (Lipinski definition) is 5. The van der Waals surface area contributed by atoms with Crippen LogP contribution in [0.5, 0.6) is 0 Å². The zero-order chi connectivity index (χ0) is 19.4. The summed E-state index contributed by atoms with van der Waals surface area (Å²) in [6.07, 6.45) is 0.309. The van der Waals surface area contributed by atoms with Crippen LogP contribution < -0.4 is 0 Å². The molecule has 0 bridgehead atoms. The Kier molecular flexibility index (Phi) is 6.31. The van der Waals surface area contributed by atoms with E-state index in [9.17, 15) is 18.0 Å². The Morgan fingerprint density at radius 2 is 1.67 bits per heavy atom. The molecule has 144 valence electrons. The van der Waals surface area contributed by atoms with Gasteiger partial charge in [0.25, 0.3) is 0 Å². The van der Waals surface area contributed by atoms with Gasteiger partial charge in [0.05, 0.1) is 9.77 Å². The van der Waals surface area contributed by atoms with Crippen molar-refractivity contribution in [3.05, 3.63) is 51.7 Å². The lowest BCUT2D eigenvalue weighted by molar-refractivity contribution is -0.132. The number of benzene rings is 1. The first-order valence-electron chi connectivity index (χ1n) is 8.48. The second-order valence-corrected chi connectivity index (χ2v) is 9.46. The molecular formula is C18H19ClN2O4S2. The number of piperazine rings is 1. The molecule has 6 nitrogen and oxygen atoms in total. The molecule has 0 N–H and O–H groups in total. The van der Waals surface area contributed by atoms with Crippen molar-refractivity contribution in [2.24, 2.45) is 0 Å². The zero-order valence-electron chi connectivity index (χ0n) is 14.5. The molecule has 27 heavy (non-hydrogen) atoms. The van der Waals surface area contributed by atoms with Crippen LogP contribution in [0, 0.1) is 0 Å². The molecule has 9 heteroatoms. The molecule has 2 heterocycles. The van der Waals surface area contributed by atoms with Crippen molar-refractivity contribution >= 4 is 44.7 Å². The SMILES string of the molecule is O=C(CCC(=O)N1CCN(S(=O)(=O)c2ccc(Cl)cc2)CC1)c1cccs1. The quantitative estimate of drug-likeness (QED) is 0.665. The number of nitrogens with zero attached hydrogens (tertiary/aromatic N) is 2. The van der Waals surface area contributed by atoms with Crippen LogP contribution >= 0.6 is 22.9 Å². The van der Waals surface area contributed by atoms with Crippen LogP contribution in [0.4, 0.5) is 0 Å². The number of Topliss-reactive ketones (excluding diaryl/α,β-unsaturated/α-hetero) is 1. The summed E-state index contributed by atoms with van der Waals surface area (Å²) in [4.78, 5) is 26.8. The minimum absolute atomic E-state index is 0.0395. The van der Waals surface area contributed by atoms with Crippen molar-refractivity contribution < 1.29 is 18.0 Å². The highest BCUT2D eigenvalue weighted by molar-refractivity contribution is 7.89. The zero-order valence-corrected chi connectivity index (χ0v) is 16.9. The molecule has 0 aliphatic carbocycles. The van der Waals surface area contributed by atoms with Gasteiger partial charge in [-0.1, -0.05) is 17.7 Å². The Labute approximate surface area is 167 Å². The molecule has 1 aromatic carbocycles. The third-order valence-corrected chi connectivity index (χ3v) is 7.48. The summed E-state index contributed by atoms with van der Waals surface area (Å²) < 4.78 is 26.7. The van der Waals surface area contributed by atoms with Gasteiger partial charge in [-0.05, 0) is 35.7 Å². The van der Waals surface area contributed by atoms with Gasteiger partial charge >= 0.3 is 0 Å². The minimum Gasteiger partial charge on any atom is -0.340 e. The van der Waals surface area contributed by atoms with Crippen LogP contribution in [0.25, 0.3) is 0 Å². The molecule has 1 aliphatic heterocycles. The van der Waals surface area contributed by atoms with Crippen molar-refractivity contribution in [2.75, 3.05) is 26.2 Å². The smallest absolute Gasteiger partial charge is 0.243 e. The molecule has 0 spiro atoms. The van der Waals surface area contributed by atoms with E-state index in [2.05, 4.69) is 0 Å². The standard InChI is InChI=1S/C18H19ClN2O4S2/c19-14-3-5-15(6-4-14)27(24,25)21-11-9-20(10-12-21)18(23)8-7-16(22)17-2-1-13-26-17/h1-6,13H,7-12H2. The molecule has 1 fully saturated rings.